The smallest absolute Gasteiger partial charge is 0.305 e. The summed E-state index contributed by atoms with van der Waals surface area (Å²) in [5.74, 6) is 6.23. The number of benzene rings is 2. The van der Waals surface area contributed by atoms with E-state index in [1.807, 2.05) is 36.4 Å². The van der Waals surface area contributed by atoms with Gasteiger partial charge in [0.25, 0.3) is 0 Å². The highest BCUT2D eigenvalue weighted by molar-refractivity contribution is 5.69. The molecule has 0 aliphatic rings. The molecule has 0 bridgehead atoms. The van der Waals surface area contributed by atoms with Gasteiger partial charge in [0.1, 0.15) is 0 Å². The molecular weight excluding hydrogens is 272 g/mol. The lowest BCUT2D eigenvalue weighted by Gasteiger charge is -2.02. The van der Waals surface area contributed by atoms with Crippen LogP contribution in [0.15, 0.2) is 42.5 Å². The maximum atomic E-state index is 11.1. The molecule has 0 radical (unpaired) electrons. The summed E-state index contributed by atoms with van der Waals surface area (Å²) >= 11 is 0. The quantitative estimate of drug-likeness (QED) is 0.635. The van der Waals surface area contributed by atoms with Gasteiger partial charge in [-0.2, -0.15) is 0 Å². The third-order valence-electron chi connectivity index (χ3n) is 3.75. The fraction of sp³-hybridized carbons (Fsp3) is 0.250. The van der Waals surface area contributed by atoms with Crippen molar-refractivity contribution in [2.75, 3.05) is 7.11 Å². The number of methoxy groups -OCH3 is 1. The fourth-order valence-corrected chi connectivity index (χ4v) is 2.13. The molecule has 22 heavy (non-hydrogen) atoms. The van der Waals surface area contributed by atoms with Gasteiger partial charge < -0.3 is 4.74 Å². The van der Waals surface area contributed by atoms with Crippen LogP contribution >= 0.6 is 0 Å². The van der Waals surface area contributed by atoms with Gasteiger partial charge in [0.05, 0.1) is 7.11 Å². The lowest BCUT2D eigenvalue weighted by atomic mass is 10.0. The van der Waals surface area contributed by atoms with Crippen LogP contribution in [0.3, 0.4) is 0 Å². The van der Waals surface area contributed by atoms with Crippen molar-refractivity contribution in [1.82, 2.24) is 0 Å². The largest absolute Gasteiger partial charge is 0.469 e. The van der Waals surface area contributed by atoms with Crippen molar-refractivity contribution in [3.8, 4) is 11.8 Å². The third kappa shape index (κ3) is 4.23. The van der Waals surface area contributed by atoms with E-state index < -0.39 is 0 Å². The molecule has 2 heteroatoms. The van der Waals surface area contributed by atoms with Crippen molar-refractivity contribution in [2.24, 2.45) is 0 Å². The van der Waals surface area contributed by atoms with Gasteiger partial charge in [-0.1, -0.05) is 36.1 Å². The molecule has 0 spiro atoms. The summed E-state index contributed by atoms with van der Waals surface area (Å²) < 4.78 is 4.64. The number of ether oxygens (including phenoxy) is 1. The monoisotopic (exact) mass is 292 g/mol. The molecule has 0 unspecified atom stereocenters. The van der Waals surface area contributed by atoms with Crippen molar-refractivity contribution in [1.29, 1.82) is 0 Å². The second-order valence-electron chi connectivity index (χ2n) is 5.27. The highest BCUT2D eigenvalue weighted by Gasteiger charge is 2.01. The van der Waals surface area contributed by atoms with Gasteiger partial charge in [-0.25, -0.2) is 0 Å². The Balaban J connectivity index is 2.07. The van der Waals surface area contributed by atoms with Crippen molar-refractivity contribution in [3.63, 3.8) is 0 Å². The van der Waals surface area contributed by atoms with E-state index in [1.165, 1.54) is 18.2 Å². The third-order valence-corrected chi connectivity index (χ3v) is 3.75. The zero-order chi connectivity index (χ0) is 15.9. The number of hydrogen-bond acceptors (Lipinski definition) is 2. The van der Waals surface area contributed by atoms with Crippen LogP contribution in [0.5, 0.6) is 0 Å². The minimum atomic E-state index is -0.182. The Morgan fingerprint density at radius 1 is 1.05 bits per heavy atom. The topological polar surface area (TPSA) is 26.3 Å². The molecule has 0 aliphatic carbocycles. The first-order chi connectivity index (χ1) is 10.6. The molecule has 0 fully saturated rings. The molecule has 0 aliphatic heterocycles. The Labute approximate surface area is 132 Å². The van der Waals surface area contributed by atoms with Crippen LogP contribution in [0.1, 0.15) is 34.2 Å². The highest BCUT2D eigenvalue weighted by Crippen LogP contribution is 2.12. The van der Waals surface area contributed by atoms with Crippen LogP contribution in [0.2, 0.25) is 0 Å². The average molecular weight is 292 g/mol. The molecular formula is C20H20O2. The molecule has 2 aromatic rings. The summed E-state index contributed by atoms with van der Waals surface area (Å²) in [4.78, 5) is 11.1. The van der Waals surface area contributed by atoms with Crippen LogP contribution < -0.4 is 0 Å². The first-order valence-corrected chi connectivity index (χ1v) is 7.34. The first-order valence-electron chi connectivity index (χ1n) is 7.34. The Hall–Kier alpha value is -2.53. The van der Waals surface area contributed by atoms with Crippen LogP contribution in [0.25, 0.3) is 0 Å². The van der Waals surface area contributed by atoms with Crippen LogP contribution in [0.4, 0.5) is 0 Å². The Bertz CT molecular complexity index is 716. The Morgan fingerprint density at radius 2 is 1.77 bits per heavy atom. The minimum Gasteiger partial charge on any atom is -0.469 e. The zero-order valence-corrected chi connectivity index (χ0v) is 13.3. The molecule has 0 N–H and O–H groups in total. The second-order valence-corrected chi connectivity index (χ2v) is 5.27. The van der Waals surface area contributed by atoms with Gasteiger partial charge >= 0.3 is 5.97 Å². The second kappa shape index (κ2) is 7.47. The number of carbonyl (C=O) groups excluding carboxylic acids is 1. The number of hydrogen-bond donors (Lipinski definition) is 0. The van der Waals surface area contributed by atoms with Crippen molar-refractivity contribution in [3.05, 3.63) is 70.3 Å². The van der Waals surface area contributed by atoms with Crippen LogP contribution in [-0.4, -0.2) is 13.1 Å². The van der Waals surface area contributed by atoms with Gasteiger partial charge in [-0.3, -0.25) is 4.79 Å². The standard InChI is InChI=1S/C20H20O2/c1-15-5-4-6-19(16(15)2)13-11-17-7-9-18(10-8-17)12-14-20(21)22-3/h4-10H,12,14H2,1-3H3. The summed E-state index contributed by atoms with van der Waals surface area (Å²) in [5.41, 5.74) is 5.63. The predicted octanol–water partition coefficient (Wildman–Crippen LogP) is 3.81. The summed E-state index contributed by atoms with van der Waals surface area (Å²) in [5, 5.41) is 0. The summed E-state index contributed by atoms with van der Waals surface area (Å²) in [6, 6.07) is 14.2. The van der Waals surface area contributed by atoms with E-state index in [9.17, 15) is 4.79 Å². The molecule has 0 aromatic heterocycles. The first kappa shape index (κ1) is 15.9. The van der Waals surface area contributed by atoms with Crippen molar-refractivity contribution >= 4 is 5.97 Å². The van der Waals surface area contributed by atoms with E-state index in [0.29, 0.717) is 12.8 Å². The molecule has 112 valence electrons. The van der Waals surface area contributed by atoms with Gasteiger partial charge in [0.2, 0.25) is 0 Å². The van der Waals surface area contributed by atoms with Crippen LogP contribution in [0, 0.1) is 25.7 Å². The molecule has 2 aromatic carbocycles. The predicted molar refractivity (Wildman–Crippen MR) is 88.7 cm³/mol. The van der Waals surface area contributed by atoms with E-state index in [2.05, 4.69) is 36.5 Å². The summed E-state index contributed by atoms with van der Waals surface area (Å²) in [6.45, 7) is 4.19. The highest BCUT2D eigenvalue weighted by atomic mass is 16.5. The molecule has 2 nitrogen and oxygen atoms in total. The van der Waals surface area contributed by atoms with E-state index >= 15 is 0 Å². The SMILES string of the molecule is COC(=O)CCc1ccc(C#Cc2cccc(C)c2C)cc1. The molecule has 2 rings (SSSR count). The molecule has 0 saturated heterocycles. The normalized spacial score (nSPS) is 9.77. The zero-order valence-electron chi connectivity index (χ0n) is 13.3. The summed E-state index contributed by atoms with van der Waals surface area (Å²) in [6.07, 6.45) is 1.10. The number of carbonyl (C=O) groups is 1. The van der Waals surface area contributed by atoms with E-state index in [1.54, 1.807) is 0 Å². The lowest BCUT2D eigenvalue weighted by Crippen LogP contribution is -2.01. The molecule has 0 amide bonds. The van der Waals surface area contributed by atoms with Gasteiger partial charge in [-0.15, -0.1) is 0 Å². The van der Waals surface area contributed by atoms with Crippen molar-refractivity contribution in [2.45, 2.75) is 26.7 Å². The number of aryl methyl sites for hydroxylation is 2. The molecule has 0 saturated carbocycles. The minimum absolute atomic E-state index is 0.182. The maximum Gasteiger partial charge on any atom is 0.305 e. The van der Waals surface area contributed by atoms with E-state index in [-0.39, 0.29) is 5.97 Å². The fourth-order valence-electron chi connectivity index (χ4n) is 2.13. The maximum absolute atomic E-state index is 11.1. The van der Waals surface area contributed by atoms with Gasteiger partial charge in [-0.05, 0) is 55.2 Å². The summed E-state index contributed by atoms with van der Waals surface area (Å²) in [7, 11) is 1.41. The van der Waals surface area contributed by atoms with E-state index in [0.717, 1.165) is 16.7 Å². The van der Waals surface area contributed by atoms with Crippen LogP contribution in [-0.2, 0) is 16.0 Å². The van der Waals surface area contributed by atoms with Crippen molar-refractivity contribution < 1.29 is 9.53 Å². The van der Waals surface area contributed by atoms with E-state index in [4.69, 9.17) is 0 Å². The van der Waals surface area contributed by atoms with Gasteiger partial charge in [0, 0.05) is 17.5 Å². The Morgan fingerprint density at radius 3 is 2.45 bits per heavy atom. The lowest BCUT2D eigenvalue weighted by molar-refractivity contribution is -0.140. The van der Waals surface area contributed by atoms with Gasteiger partial charge in [0.15, 0.2) is 0 Å². The molecule has 0 atom stereocenters. The average Bonchev–Trinajstić information content (AvgIpc) is 2.55. The number of rotatable bonds is 3. The Kier molecular flexibility index (Phi) is 5.38. The number of esters is 1. The molecule has 0 heterocycles.